The quantitative estimate of drug-likeness (QED) is 0.723. The highest BCUT2D eigenvalue weighted by Gasteiger charge is 2.10. The van der Waals surface area contributed by atoms with Gasteiger partial charge in [0.1, 0.15) is 5.75 Å². The molecule has 128 valence electrons. The van der Waals surface area contributed by atoms with Gasteiger partial charge in [0.15, 0.2) is 5.82 Å². The Labute approximate surface area is 151 Å². The molecule has 0 unspecified atom stereocenters. The molecule has 6 nitrogen and oxygen atoms in total. The smallest absolute Gasteiger partial charge is 0.247 e. The van der Waals surface area contributed by atoms with Crippen molar-refractivity contribution < 1.29 is 4.74 Å². The fourth-order valence-electron chi connectivity index (χ4n) is 2.36. The maximum atomic E-state index is 6.06. The Hall–Kier alpha value is -2.86. The Kier molecular flexibility index (Phi) is 5.30. The molecule has 1 N–H and O–H groups in total. The predicted octanol–water partition coefficient (Wildman–Crippen LogP) is 3.91. The first-order valence-electron chi connectivity index (χ1n) is 7.71. The lowest BCUT2D eigenvalue weighted by atomic mass is 10.2. The number of nitrogens with one attached hydrogen (secondary N) is 1. The minimum Gasteiger partial charge on any atom is -0.495 e. The van der Waals surface area contributed by atoms with Crippen LogP contribution in [-0.4, -0.2) is 29.3 Å². The van der Waals surface area contributed by atoms with E-state index in [1.807, 2.05) is 30.1 Å². The molecule has 0 amide bonds. The third-order valence-electron chi connectivity index (χ3n) is 3.58. The molecule has 0 saturated heterocycles. The van der Waals surface area contributed by atoms with E-state index in [1.165, 1.54) is 5.56 Å². The SMILES string of the molecule is COc1ccc(Cl)cc1Nc1cnnc(N(C)Cc2ccccc2)n1. The number of rotatable bonds is 6. The van der Waals surface area contributed by atoms with Crippen molar-refractivity contribution >= 4 is 29.1 Å². The van der Waals surface area contributed by atoms with Crippen molar-refractivity contribution in [3.8, 4) is 5.75 Å². The second-order valence-electron chi connectivity index (χ2n) is 5.45. The Bertz CT molecular complexity index is 844. The van der Waals surface area contributed by atoms with Gasteiger partial charge < -0.3 is 15.0 Å². The van der Waals surface area contributed by atoms with Crippen molar-refractivity contribution in [1.82, 2.24) is 15.2 Å². The maximum Gasteiger partial charge on any atom is 0.247 e. The van der Waals surface area contributed by atoms with Crippen LogP contribution in [-0.2, 0) is 6.54 Å². The van der Waals surface area contributed by atoms with E-state index in [0.717, 1.165) is 0 Å². The number of anilines is 3. The van der Waals surface area contributed by atoms with Gasteiger partial charge in [0, 0.05) is 18.6 Å². The molecule has 0 aliphatic rings. The molecule has 1 aromatic heterocycles. The summed E-state index contributed by atoms with van der Waals surface area (Å²) in [5, 5.41) is 11.9. The second-order valence-corrected chi connectivity index (χ2v) is 5.89. The van der Waals surface area contributed by atoms with Crippen LogP contribution in [0.3, 0.4) is 0 Å². The van der Waals surface area contributed by atoms with E-state index < -0.39 is 0 Å². The van der Waals surface area contributed by atoms with Crippen LogP contribution >= 0.6 is 11.6 Å². The van der Waals surface area contributed by atoms with E-state index in [0.29, 0.717) is 34.8 Å². The molecule has 3 rings (SSSR count). The molecule has 0 fully saturated rings. The van der Waals surface area contributed by atoms with Gasteiger partial charge in [-0.05, 0) is 23.8 Å². The Balaban J connectivity index is 1.79. The largest absolute Gasteiger partial charge is 0.495 e. The number of halogens is 1. The highest BCUT2D eigenvalue weighted by Crippen LogP contribution is 2.30. The molecule has 0 radical (unpaired) electrons. The lowest BCUT2D eigenvalue weighted by Crippen LogP contribution is -2.20. The first kappa shape index (κ1) is 17.0. The molecule has 0 aliphatic heterocycles. The summed E-state index contributed by atoms with van der Waals surface area (Å²) < 4.78 is 5.33. The van der Waals surface area contributed by atoms with Gasteiger partial charge in [-0.15, -0.1) is 5.10 Å². The van der Waals surface area contributed by atoms with E-state index in [2.05, 4.69) is 32.6 Å². The number of hydrogen-bond donors (Lipinski definition) is 1. The zero-order valence-corrected chi connectivity index (χ0v) is 14.7. The van der Waals surface area contributed by atoms with Gasteiger partial charge in [0.05, 0.1) is 19.0 Å². The average Bonchev–Trinajstić information content (AvgIpc) is 2.63. The Morgan fingerprint density at radius 2 is 1.96 bits per heavy atom. The van der Waals surface area contributed by atoms with Crippen LogP contribution in [0, 0.1) is 0 Å². The van der Waals surface area contributed by atoms with Crippen LogP contribution in [0.15, 0.2) is 54.7 Å². The fraction of sp³-hybridized carbons (Fsp3) is 0.167. The van der Waals surface area contributed by atoms with Crippen LogP contribution in [0.2, 0.25) is 5.02 Å². The van der Waals surface area contributed by atoms with Gasteiger partial charge in [-0.3, -0.25) is 0 Å². The van der Waals surface area contributed by atoms with Gasteiger partial charge in [-0.25, -0.2) is 0 Å². The molecule has 2 aromatic carbocycles. The molecule has 0 bridgehead atoms. The highest BCUT2D eigenvalue weighted by atomic mass is 35.5. The minimum absolute atomic E-state index is 0.523. The summed E-state index contributed by atoms with van der Waals surface area (Å²) in [6.45, 7) is 0.687. The third kappa shape index (κ3) is 4.36. The molecular weight excluding hydrogens is 338 g/mol. The van der Waals surface area contributed by atoms with E-state index >= 15 is 0 Å². The van der Waals surface area contributed by atoms with Gasteiger partial charge in [0.2, 0.25) is 5.95 Å². The number of methoxy groups -OCH3 is 1. The molecule has 0 saturated carbocycles. The van der Waals surface area contributed by atoms with Crippen LogP contribution in [0.4, 0.5) is 17.5 Å². The summed E-state index contributed by atoms with van der Waals surface area (Å²) in [7, 11) is 3.53. The maximum absolute atomic E-state index is 6.06. The summed E-state index contributed by atoms with van der Waals surface area (Å²) in [5.74, 6) is 1.75. The Morgan fingerprint density at radius 3 is 2.72 bits per heavy atom. The van der Waals surface area contributed by atoms with Gasteiger partial charge in [-0.1, -0.05) is 41.9 Å². The lowest BCUT2D eigenvalue weighted by molar-refractivity contribution is 0.417. The van der Waals surface area contributed by atoms with E-state index in [1.54, 1.807) is 31.5 Å². The zero-order chi connectivity index (χ0) is 17.6. The number of ether oxygens (including phenoxy) is 1. The lowest BCUT2D eigenvalue weighted by Gasteiger charge is -2.17. The fourth-order valence-corrected chi connectivity index (χ4v) is 2.53. The highest BCUT2D eigenvalue weighted by molar-refractivity contribution is 6.31. The summed E-state index contributed by atoms with van der Waals surface area (Å²) in [4.78, 5) is 6.45. The first-order chi connectivity index (χ1) is 12.2. The summed E-state index contributed by atoms with van der Waals surface area (Å²) >= 11 is 6.06. The van der Waals surface area contributed by atoms with Crippen molar-refractivity contribution in [3.63, 3.8) is 0 Å². The predicted molar refractivity (Wildman–Crippen MR) is 99.7 cm³/mol. The Morgan fingerprint density at radius 1 is 1.16 bits per heavy atom. The van der Waals surface area contributed by atoms with Crippen LogP contribution in [0.25, 0.3) is 0 Å². The summed E-state index contributed by atoms with van der Waals surface area (Å²) in [5.41, 5.74) is 1.88. The minimum atomic E-state index is 0.523. The van der Waals surface area contributed by atoms with Crippen molar-refractivity contribution in [2.75, 3.05) is 24.4 Å². The summed E-state index contributed by atoms with van der Waals surface area (Å²) in [6.07, 6.45) is 1.56. The monoisotopic (exact) mass is 355 g/mol. The van der Waals surface area contributed by atoms with Crippen LogP contribution in [0.1, 0.15) is 5.56 Å². The second kappa shape index (κ2) is 7.81. The summed E-state index contributed by atoms with van der Waals surface area (Å²) in [6, 6.07) is 15.5. The number of aromatic nitrogens is 3. The number of nitrogens with zero attached hydrogens (tertiary/aromatic N) is 4. The van der Waals surface area contributed by atoms with E-state index in [-0.39, 0.29) is 0 Å². The van der Waals surface area contributed by atoms with Crippen LogP contribution in [0.5, 0.6) is 5.75 Å². The average molecular weight is 356 g/mol. The van der Waals surface area contributed by atoms with Gasteiger partial charge >= 0.3 is 0 Å². The molecule has 25 heavy (non-hydrogen) atoms. The van der Waals surface area contributed by atoms with Crippen molar-refractivity contribution in [3.05, 3.63) is 65.3 Å². The molecule has 0 aliphatic carbocycles. The standard InChI is InChI=1S/C18H18ClN5O/c1-24(12-13-6-4-3-5-7-13)18-22-17(11-20-23-18)21-15-10-14(19)8-9-16(15)25-2/h3-11H,12H2,1-2H3,(H,21,22,23). The molecule has 3 aromatic rings. The zero-order valence-electron chi connectivity index (χ0n) is 14.0. The van der Waals surface area contributed by atoms with Gasteiger partial charge in [0.25, 0.3) is 0 Å². The van der Waals surface area contributed by atoms with Crippen molar-refractivity contribution in [2.24, 2.45) is 0 Å². The van der Waals surface area contributed by atoms with Gasteiger partial charge in [-0.2, -0.15) is 10.1 Å². The molecular formula is C18H18ClN5O. The van der Waals surface area contributed by atoms with Crippen molar-refractivity contribution in [2.45, 2.75) is 6.54 Å². The van der Waals surface area contributed by atoms with Crippen LogP contribution < -0.4 is 15.0 Å². The first-order valence-corrected chi connectivity index (χ1v) is 8.09. The molecule has 0 spiro atoms. The normalized spacial score (nSPS) is 10.4. The third-order valence-corrected chi connectivity index (χ3v) is 3.81. The molecule has 0 atom stereocenters. The van der Waals surface area contributed by atoms with E-state index in [4.69, 9.17) is 16.3 Å². The molecule has 7 heteroatoms. The topological polar surface area (TPSA) is 63.2 Å². The van der Waals surface area contributed by atoms with Crippen molar-refractivity contribution in [1.29, 1.82) is 0 Å². The van der Waals surface area contributed by atoms with E-state index in [9.17, 15) is 0 Å². The molecule has 1 heterocycles. The number of hydrogen-bond acceptors (Lipinski definition) is 6. The number of benzene rings is 2.